The van der Waals surface area contributed by atoms with Gasteiger partial charge in [0, 0.05) is 24.3 Å². The first-order valence-electron chi connectivity index (χ1n) is 10.4. The molecule has 0 bridgehead atoms. The number of nitrogens with zero attached hydrogens (tertiary/aromatic N) is 4. The number of fused-ring (bicyclic) bond motifs is 1. The number of hydrogen-bond donors (Lipinski definition) is 0. The number of pyridine rings is 1. The molecule has 1 aromatic carbocycles. The summed E-state index contributed by atoms with van der Waals surface area (Å²) >= 11 is 0. The van der Waals surface area contributed by atoms with Gasteiger partial charge < -0.3 is 9.47 Å². The number of aromatic nitrogens is 3. The molecule has 0 radical (unpaired) electrons. The van der Waals surface area contributed by atoms with Gasteiger partial charge >= 0.3 is 0 Å². The molecule has 0 N–H and O–H groups in total. The third kappa shape index (κ3) is 4.16. The lowest BCUT2D eigenvalue weighted by molar-refractivity contribution is 0.0714. The van der Waals surface area contributed by atoms with Crippen LogP contribution in [0.4, 0.5) is 4.39 Å². The average Bonchev–Trinajstić information content (AvgIpc) is 3.33. The Hall–Kier alpha value is -2.76. The SMILES string of the molecule is CC(C)CN(Cc1nc2cccnc2n1C1CCCC1)C(=O)c1cccc(F)c1. The minimum absolute atomic E-state index is 0.170. The summed E-state index contributed by atoms with van der Waals surface area (Å²) in [4.78, 5) is 24.4. The summed E-state index contributed by atoms with van der Waals surface area (Å²) < 4.78 is 15.9. The highest BCUT2D eigenvalue weighted by atomic mass is 19.1. The Bertz CT molecular complexity index is 1010. The van der Waals surface area contributed by atoms with Crippen molar-refractivity contribution in [1.29, 1.82) is 0 Å². The van der Waals surface area contributed by atoms with Gasteiger partial charge in [-0.1, -0.05) is 32.8 Å². The molecular formula is C23H27FN4O. The molecule has 3 aromatic rings. The molecule has 0 spiro atoms. The van der Waals surface area contributed by atoms with Crippen molar-refractivity contribution < 1.29 is 9.18 Å². The number of hydrogen-bond acceptors (Lipinski definition) is 3. The van der Waals surface area contributed by atoms with Crippen LogP contribution in [0.15, 0.2) is 42.6 Å². The molecular weight excluding hydrogens is 367 g/mol. The lowest BCUT2D eigenvalue weighted by atomic mass is 10.1. The largest absolute Gasteiger partial charge is 0.331 e. The van der Waals surface area contributed by atoms with Gasteiger partial charge in [-0.25, -0.2) is 14.4 Å². The molecule has 0 saturated heterocycles. The first kappa shape index (κ1) is 19.6. The van der Waals surface area contributed by atoms with E-state index in [1.807, 2.05) is 12.1 Å². The molecule has 0 unspecified atom stereocenters. The maximum absolute atomic E-state index is 13.7. The van der Waals surface area contributed by atoms with Crippen LogP contribution in [-0.4, -0.2) is 31.9 Å². The molecule has 4 rings (SSSR count). The number of halogens is 1. The summed E-state index contributed by atoms with van der Waals surface area (Å²) in [6.45, 7) is 5.12. The minimum Gasteiger partial charge on any atom is -0.331 e. The van der Waals surface area contributed by atoms with Gasteiger partial charge in [-0.15, -0.1) is 0 Å². The molecule has 0 aliphatic heterocycles. The molecule has 1 saturated carbocycles. The third-order valence-corrected chi connectivity index (χ3v) is 5.49. The molecule has 2 aromatic heterocycles. The summed E-state index contributed by atoms with van der Waals surface area (Å²) in [7, 11) is 0. The van der Waals surface area contributed by atoms with Crippen molar-refractivity contribution in [2.75, 3.05) is 6.54 Å². The second kappa shape index (κ2) is 8.31. The van der Waals surface area contributed by atoms with E-state index in [2.05, 4.69) is 23.4 Å². The van der Waals surface area contributed by atoms with Gasteiger partial charge in [0.1, 0.15) is 17.2 Å². The van der Waals surface area contributed by atoms with Gasteiger partial charge in [0.2, 0.25) is 0 Å². The Morgan fingerprint density at radius 1 is 1.24 bits per heavy atom. The van der Waals surface area contributed by atoms with E-state index in [1.165, 1.54) is 25.0 Å². The van der Waals surface area contributed by atoms with Crippen LogP contribution >= 0.6 is 0 Å². The Morgan fingerprint density at radius 2 is 2.03 bits per heavy atom. The summed E-state index contributed by atoms with van der Waals surface area (Å²) in [5.74, 6) is 0.574. The Morgan fingerprint density at radius 3 is 2.76 bits per heavy atom. The Labute approximate surface area is 170 Å². The van der Waals surface area contributed by atoms with Crippen molar-refractivity contribution in [3.63, 3.8) is 0 Å². The minimum atomic E-state index is -0.400. The topological polar surface area (TPSA) is 51.0 Å². The molecule has 1 aliphatic rings. The highest BCUT2D eigenvalue weighted by molar-refractivity contribution is 5.94. The van der Waals surface area contributed by atoms with Crippen LogP contribution in [0.5, 0.6) is 0 Å². The van der Waals surface area contributed by atoms with Gasteiger partial charge in [-0.05, 0) is 49.1 Å². The van der Waals surface area contributed by atoms with Crippen molar-refractivity contribution >= 4 is 17.1 Å². The fraction of sp³-hybridized carbons (Fsp3) is 0.435. The summed E-state index contributed by atoms with van der Waals surface area (Å²) in [5, 5.41) is 0. The predicted octanol–water partition coefficient (Wildman–Crippen LogP) is 4.98. The quantitative estimate of drug-likeness (QED) is 0.592. The van der Waals surface area contributed by atoms with Crippen molar-refractivity contribution in [2.24, 2.45) is 5.92 Å². The van der Waals surface area contributed by atoms with E-state index in [-0.39, 0.29) is 11.8 Å². The standard InChI is InChI=1S/C23H27FN4O/c1-16(2)14-27(23(29)17-7-5-8-18(24)13-17)15-21-26-20-11-6-12-25-22(20)28(21)19-9-3-4-10-19/h5-8,11-13,16,19H,3-4,9-10,14-15H2,1-2H3. The number of amides is 1. The predicted molar refractivity (Wildman–Crippen MR) is 111 cm³/mol. The zero-order valence-electron chi connectivity index (χ0n) is 17.0. The van der Waals surface area contributed by atoms with Gasteiger partial charge in [-0.2, -0.15) is 0 Å². The van der Waals surface area contributed by atoms with Crippen molar-refractivity contribution in [1.82, 2.24) is 19.4 Å². The van der Waals surface area contributed by atoms with Crippen molar-refractivity contribution in [3.8, 4) is 0 Å². The normalized spacial score (nSPS) is 14.8. The second-order valence-corrected chi connectivity index (χ2v) is 8.27. The molecule has 1 amide bonds. The Balaban J connectivity index is 1.71. The number of benzene rings is 1. The summed E-state index contributed by atoms with van der Waals surface area (Å²) in [6.07, 6.45) is 6.42. The number of imidazole rings is 1. The van der Waals surface area contributed by atoms with E-state index in [0.29, 0.717) is 24.7 Å². The number of carbonyl (C=O) groups is 1. The molecule has 2 heterocycles. The molecule has 0 atom stereocenters. The maximum Gasteiger partial charge on any atom is 0.254 e. The van der Waals surface area contributed by atoms with E-state index in [9.17, 15) is 9.18 Å². The van der Waals surface area contributed by atoms with Crippen LogP contribution in [0.2, 0.25) is 0 Å². The molecule has 6 heteroatoms. The summed E-state index contributed by atoms with van der Waals surface area (Å²) in [5.41, 5.74) is 2.11. The zero-order valence-corrected chi connectivity index (χ0v) is 17.0. The van der Waals surface area contributed by atoms with E-state index in [0.717, 1.165) is 29.8 Å². The van der Waals surface area contributed by atoms with Crippen LogP contribution in [0.3, 0.4) is 0 Å². The van der Waals surface area contributed by atoms with Gasteiger partial charge in [0.15, 0.2) is 5.65 Å². The van der Waals surface area contributed by atoms with Crippen LogP contribution in [0.1, 0.15) is 61.8 Å². The van der Waals surface area contributed by atoms with E-state index in [1.54, 1.807) is 23.2 Å². The van der Waals surface area contributed by atoms with Gasteiger partial charge in [0.05, 0.1) is 6.54 Å². The summed E-state index contributed by atoms with van der Waals surface area (Å²) in [6, 6.07) is 10.1. The highest BCUT2D eigenvalue weighted by Gasteiger charge is 2.26. The smallest absolute Gasteiger partial charge is 0.254 e. The second-order valence-electron chi connectivity index (χ2n) is 8.27. The molecule has 1 fully saturated rings. The average molecular weight is 394 g/mol. The Kier molecular flexibility index (Phi) is 5.60. The maximum atomic E-state index is 13.7. The van der Waals surface area contributed by atoms with Crippen LogP contribution in [-0.2, 0) is 6.54 Å². The third-order valence-electron chi connectivity index (χ3n) is 5.49. The van der Waals surface area contributed by atoms with Crippen LogP contribution in [0, 0.1) is 11.7 Å². The monoisotopic (exact) mass is 394 g/mol. The van der Waals surface area contributed by atoms with E-state index in [4.69, 9.17) is 4.98 Å². The molecule has 152 valence electrons. The number of carbonyl (C=O) groups excluding carboxylic acids is 1. The number of rotatable bonds is 6. The van der Waals surface area contributed by atoms with Gasteiger partial charge in [0.25, 0.3) is 5.91 Å². The van der Waals surface area contributed by atoms with E-state index < -0.39 is 5.82 Å². The lowest BCUT2D eigenvalue weighted by Gasteiger charge is -2.26. The molecule has 1 aliphatic carbocycles. The van der Waals surface area contributed by atoms with Crippen LogP contribution < -0.4 is 0 Å². The van der Waals surface area contributed by atoms with Crippen molar-refractivity contribution in [2.45, 2.75) is 52.1 Å². The fourth-order valence-electron chi connectivity index (χ4n) is 4.27. The first-order valence-corrected chi connectivity index (χ1v) is 10.4. The molecule has 5 nitrogen and oxygen atoms in total. The van der Waals surface area contributed by atoms with E-state index >= 15 is 0 Å². The van der Waals surface area contributed by atoms with Crippen LogP contribution in [0.25, 0.3) is 11.2 Å². The fourth-order valence-corrected chi connectivity index (χ4v) is 4.27. The first-order chi connectivity index (χ1) is 14.0. The van der Waals surface area contributed by atoms with Crippen molar-refractivity contribution in [3.05, 3.63) is 59.8 Å². The molecule has 29 heavy (non-hydrogen) atoms. The zero-order chi connectivity index (χ0) is 20.4. The highest BCUT2D eigenvalue weighted by Crippen LogP contribution is 2.33. The lowest BCUT2D eigenvalue weighted by Crippen LogP contribution is -2.35. The van der Waals surface area contributed by atoms with Gasteiger partial charge in [-0.3, -0.25) is 4.79 Å².